The van der Waals surface area contributed by atoms with Gasteiger partial charge in [-0.25, -0.2) is 0 Å². The molecule has 0 fully saturated rings. The van der Waals surface area contributed by atoms with Crippen molar-refractivity contribution in [1.82, 2.24) is 0 Å². The molecular weight excluding hydrogens is 394 g/mol. The zero-order valence-electron chi connectivity index (χ0n) is 13.5. The van der Waals surface area contributed by atoms with Gasteiger partial charge in [0.1, 0.15) is 0 Å². The summed E-state index contributed by atoms with van der Waals surface area (Å²) in [4.78, 5) is -0.591. The van der Waals surface area contributed by atoms with E-state index in [0.29, 0.717) is 27.8 Å². The second-order valence-electron chi connectivity index (χ2n) is 5.53. The lowest BCUT2D eigenvalue weighted by atomic mass is 10.1. The molecule has 4 N–H and O–H groups in total. The van der Waals surface area contributed by atoms with E-state index in [1.165, 1.54) is 48.5 Å². The van der Waals surface area contributed by atoms with Gasteiger partial charge < -0.3 is 5.73 Å². The third-order valence-corrected chi connectivity index (χ3v) is 5.42. The fourth-order valence-corrected chi connectivity index (χ4v) is 3.37. The molecule has 0 aliphatic heterocycles. The van der Waals surface area contributed by atoms with Gasteiger partial charge >= 0.3 is 0 Å². The second-order valence-corrected chi connectivity index (χ2v) is 8.37. The number of nitrogen functional groups attached to an aromatic ring is 1. The van der Waals surface area contributed by atoms with Gasteiger partial charge in [0.2, 0.25) is 0 Å². The molecule has 11 heteroatoms. The zero-order chi connectivity index (χ0) is 19.8. The van der Waals surface area contributed by atoms with Gasteiger partial charge in [0, 0.05) is 16.5 Å². The average Bonchev–Trinajstić information content (AvgIpc) is 2.60. The minimum atomic E-state index is -4.40. The Morgan fingerprint density at radius 2 is 1.30 bits per heavy atom. The number of nitrogens with zero attached hydrogens (tertiary/aromatic N) is 2. The van der Waals surface area contributed by atoms with Gasteiger partial charge in [0.15, 0.2) is 0 Å². The molecule has 0 atom stereocenters. The standard InChI is InChI=1S/C16H13N3O6S2/c17-15-7-8-16(14-9-12(27(23,24)25)5-6-13(14)15)19-18-10-1-3-11(4-2-10)26(20,21)22/h1-9H,17H2,(H,20,21,22)(H,23,24,25). The van der Waals surface area contributed by atoms with Crippen LogP contribution in [0.5, 0.6) is 0 Å². The molecule has 0 unspecified atom stereocenters. The van der Waals surface area contributed by atoms with Crippen LogP contribution in [0.2, 0.25) is 0 Å². The van der Waals surface area contributed by atoms with Crippen LogP contribution >= 0.6 is 0 Å². The number of hydrogen-bond donors (Lipinski definition) is 3. The first-order valence-corrected chi connectivity index (χ1v) is 10.2. The normalized spacial score (nSPS) is 12.7. The summed E-state index contributed by atoms with van der Waals surface area (Å²) in [5.41, 5.74) is 6.88. The number of nitrogens with two attached hydrogens (primary N) is 1. The van der Waals surface area contributed by atoms with Crippen molar-refractivity contribution >= 4 is 48.1 Å². The molecule has 3 aromatic rings. The summed E-state index contributed by atoms with van der Waals surface area (Å²) in [7, 11) is -8.71. The molecule has 0 saturated carbocycles. The fourth-order valence-electron chi connectivity index (χ4n) is 2.38. The van der Waals surface area contributed by atoms with Crippen LogP contribution in [0, 0.1) is 0 Å². The van der Waals surface area contributed by atoms with Crippen molar-refractivity contribution in [3.63, 3.8) is 0 Å². The van der Waals surface area contributed by atoms with Crippen LogP contribution in [0.4, 0.5) is 17.1 Å². The van der Waals surface area contributed by atoms with E-state index in [1.807, 2.05) is 0 Å². The molecule has 0 aliphatic carbocycles. The second kappa shape index (κ2) is 6.70. The Morgan fingerprint density at radius 3 is 1.89 bits per heavy atom. The maximum atomic E-state index is 11.4. The van der Waals surface area contributed by atoms with Crippen LogP contribution < -0.4 is 5.73 Å². The third kappa shape index (κ3) is 4.11. The number of benzene rings is 3. The summed E-state index contributed by atoms with van der Waals surface area (Å²) in [5.74, 6) is 0. The van der Waals surface area contributed by atoms with Crippen molar-refractivity contribution in [3.05, 3.63) is 54.6 Å². The van der Waals surface area contributed by atoms with Gasteiger partial charge in [-0.2, -0.15) is 21.9 Å². The first-order valence-electron chi connectivity index (χ1n) is 7.35. The number of fused-ring (bicyclic) bond motifs is 1. The highest BCUT2D eigenvalue weighted by molar-refractivity contribution is 7.86. The van der Waals surface area contributed by atoms with Crippen LogP contribution in [0.1, 0.15) is 0 Å². The molecule has 0 amide bonds. The van der Waals surface area contributed by atoms with E-state index in [2.05, 4.69) is 10.2 Å². The van der Waals surface area contributed by atoms with Gasteiger partial charge in [0.05, 0.1) is 21.2 Å². The van der Waals surface area contributed by atoms with E-state index >= 15 is 0 Å². The number of hydrogen-bond acceptors (Lipinski definition) is 7. The first kappa shape index (κ1) is 18.9. The van der Waals surface area contributed by atoms with E-state index in [-0.39, 0.29) is 9.79 Å². The van der Waals surface area contributed by atoms with Crippen molar-refractivity contribution in [3.8, 4) is 0 Å². The largest absolute Gasteiger partial charge is 0.398 e. The van der Waals surface area contributed by atoms with Gasteiger partial charge in [-0.05, 0) is 48.5 Å². The molecule has 0 heterocycles. The lowest BCUT2D eigenvalue weighted by Gasteiger charge is -2.06. The van der Waals surface area contributed by atoms with Crippen molar-refractivity contribution < 1.29 is 25.9 Å². The molecule has 27 heavy (non-hydrogen) atoms. The van der Waals surface area contributed by atoms with Gasteiger partial charge in [-0.1, -0.05) is 6.07 Å². The molecule has 9 nitrogen and oxygen atoms in total. The molecule has 0 spiro atoms. The lowest BCUT2D eigenvalue weighted by Crippen LogP contribution is -1.98. The van der Waals surface area contributed by atoms with Crippen molar-refractivity contribution in [1.29, 1.82) is 0 Å². The Hall–Kier alpha value is -2.86. The third-order valence-electron chi connectivity index (χ3n) is 3.70. The molecule has 0 aliphatic rings. The number of anilines is 1. The molecular formula is C16H13N3O6S2. The predicted molar refractivity (Wildman–Crippen MR) is 98.6 cm³/mol. The summed E-state index contributed by atoms with van der Waals surface area (Å²) in [6, 6.07) is 12.0. The Balaban J connectivity index is 2.06. The highest BCUT2D eigenvalue weighted by atomic mass is 32.2. The Labute approximate surface area is 154 Å². The van der Waals surface area contributed by atoms with E-state index < -0.39 is 20.2 Å². The molecule has 140 valence electrons. The SMILES string of the molecule is Nc1ccc(N=Nc2ccc(S(=O)(=O)O)cc2)c2cc(S(=O)(=O)O)ccc12. The summed E-state index contributed by atoms with van der Waals surface area (Å²) in [6.07, 6.45) is 0. The Morgan fingerprint density at radius 1 is 0.704 bits per heavy atom. The van der Waals surface area contributed by atoms with Crippen LogP contribution in [0.25, 0.3) is 10.8 Å². The van der Waals surface area contributed by atoms with E-state index in [1.54, 1.807) is 6.07 Å². The van der Waals surface area contributed by atoms with Crippen LogP contribution in [-0.2, 0) is 20.2 Å². The quantitative estimate of drug-likeness (QED) is 0.339. The van der Waals surface area contributed by atoms with Crippen molar-refractivity contribution in [2.75, 3.05) is 5.73 Å². The van der Waals surface area contributed by atoms with Crippen LogP contribution in [-0.4, -0.2) is 25.9 Å². The molecule has 0 radical (unpaired) electrons. The fraction of sp³-hybridized carbons (Fsp3) is 0. The molecule has 0 bridgehead atoms. The smallest absolute Gasteiger partial charge is 0.294 e. The Kier molecular flexibility index (Phi) is 4.70. The maximum absolute atomic E-state index is 11.4. The maximum Gasteiger partial charge on any atom is 0.294 e. The highest BCUT2D eigenvalue weighted by Crippen LogP contribution is 2.33. The molecule has 0 saturated heterocycles. The van der Waals surface area contributed by atoms with Crippen molar-refractivity contribution in [2.45, 2.75) is 9.79 Å². The monoisotopic (exact) mass is 407 g/mol. The zero-order valence-corrected chi connectivity index (χ0v) is 15.1. The van der Waals surface area contributed by atoms with Gasteiger partial charge in [-0.15, -0.1) is 5.11 Å². The van der Waals surface area contributed by atoms with Crippen LogP contribution in [0.15, 0.2) is 74.6 Å². The van der Waals surface area contributed by atoms with Crippen molar-refractivity contribution in [2.24, 2.45) is 10.2 Å². The molecule has 3 rings (SSSR count). The average molecular weight is 407 g/mol. The molecule has 3 aromatic carbocycles. The summed E-state index contributed by atoms with van der Waals surface area (Å²) in [6.45, 7) is 0. The van der Waals surface area contributed by atoms with Gasteiger partial charge in [0.25, 0.3) is 20.2 Å². The van der Waals surface area contributed by atoms with Gasteiger partial charge in [-0.3, -0.25) is 9.11 Å². The summed E-state index contributed by atoms with van der Waals surface area (Å²) < 4.78 is 63.0. The Bertz CT molecular complexity index is 1270. The minimum absolute atomic E-state index is 0.280. The first-order chi connectivity index (χ1) is 12.6. The lowest BCUT2D eigenvalue weighted by molar-refractivity contribution is 0.481. The predicted octanol–water partition coefficient (Wildman–Crippen LogP) is 3.33. The molecule has 0 aromatic heterocycles. The van der Waals surface area contributed by atoms with E-state index in [9.17, 15) is 21.4 Å². The number of azo groups is 1. The highest BCUT2D eigenvalue weighted by Gasteiger charge is 2.13. The summed E-state index contributed by atoms with van der Waals surface area (Å²) >= 11 is 0. The topological polar surface area (TPSA) is 159 Å². The van der Waals surface area contributed by atoms with Crippen LogP contribution in [0.3, 0.4) is 0 Å². The van der Waals surface area contributed by atoms with E-state index in [0.717, 1.165) is 0 Å². The van der Waals surface area contributed by atoms with E-state index in [4.69, 9.17) is 10.3 Å². The minimum Gasteiger partial charge on any atom is -0.398 e. The summed E-state index contributed by atoms with van der Waals surface area (Å²) in [5, 5.41) is 8.90. The number of rotatable bonds is 4.